The Morgan fingerprint density at radius 2 is 2.36 bits per heavy atom. The molecule has 0 atom stereocenters. The summed E-state index contributed by atoms with van der Waals surface area (Å²) in [6.07, 6.45) is 3.12. The third kappa shape index (κ3) is 3.68. The monoisotopic (exact) mass is 336 g/mol. The molecule has 0 unspecified atom stereocenters. The molecule has 0 saturated carbocycles. The van der Waals surface area contributed by atoms with Crippen molar-refractivity contribution in [1.29, 1.82) is 0 Å². The molecule has 2 aromatic rings. The smallest absolute Gasteiger partial charge is 0.331 e. The maximum absolute atomic E-state index is 11.8. The van der Waals surface area contributed by atoms with Crippen LogP contribution >= 0.6 is 22.9 Å². The molecule has 2 heterocycles. The molecular weight excluding hydrogens is 324 g/mol. The van der Waals surface area contributed by atoms with E-state index in [-0.39, 0.29) is 13.4 Å². The normalized spacial score (nSPS) is 13.7. The maximum Gasteiger partial charge on any atom is 0.331 e. The highest BCUT2D eigenvalue weighted by Crippen LogP contribution is 2.32. The van der Waals surface area contributed by atoms with Crippen molar-refractivity contribution in [2.45, 2.75) is 13.2 Å². The summed E-state index contributed by atoms with van der Waals surface area (Å²) < 4.78 is 15.9. The largest absolute Gasteiger partial charge is 0.467 e. The topological polar surface area (TPSA) is 44.8 Å². The van der Waals surface area contributed by atoms with Crippen LogP contribution in [0.25, 0.3) is 6.08 Å². The third-order valence-electron chi connectivity index (χ3n) is 3.08. The molecule has 22 heavy (non-hydrogen) atoms. The van der Waals surface area contributed by atoms with Crippen LogP contribution in [0.4, 0.5) is 0 Å². The van der Waals surface area contributed by atoms with E-state index in [2.05, 4.69) is 0 Å². The van der Waals surface area contributed by atoms with Crippen LogP contribution in [0.3, 0.4) is 0 Å². The highest BCUT2D eigenvalue weighted by molar-refractivity contribution is 7.08. The molecule has 0 N–H and O–H groups in total. The van der Waals surface area contributed by atoms with Crippen LogP contribution in [0, 0.1) is 0 Å². The van der Waals surface area contributed by atoms with Crippen molar-refractivity contribution < 1.29 is 19.0 Å². The second-order valence-corrected chi connectivity index (χ2v) is 5.88. The van der Waals surface area contributed by atoms with Gasteiger partial charge < -0.3 is 14.2 Å². The summed E-state index contributed by atoms with van der Waals surface area (Å²) in [5.74, 6) is 0.275. The van der Waals surface area contributed by atoms with E-state index >= 15 is 0 Å². The lowest BCUT2D eigenvalue weighted by atomic mass is 10.1. The van der Waals surface area contributed by atoms with E-state index in [4.69, 9.17) is 25.8 Å². The predicted molar refractivity (Wildman–Crippen MR) is 84.9 cm³/mol. The van der Waals surface area contributed by atoms with Crippen LogP contribution in [0.1, 0.15) is 16.7 Å². The van der Waals surface area contributed by atoms with E-state index in [0.717, 1.165) is 16.7 Å². The molecule has 1 aliphatic rings. The fourth-order valence-corrected chi connectivity index (χ4v) is 2.99. The van der Waals surface area contributed by atoms with E-state index in [1.807, 2.05) is 16.8 Å². The van der Waals surface area contributed by atoms with Crippen molar-refractivity contribution in [1.82, 2.24) is 0 Å². The molecule has 0 aliphatic carbocycles. The molecule has 3 rings (SSSR count). The number of fused-ring (bicyclic) bond motifs is 1. The van der Waals surface area contributed by atoms with Crippen LogP contribution in [-0.4, -0.2) is 12.8 Å². The van der Waals surface area contributed by atoms with E-state index in [1.54, 1.807) is 29.5 Å². The summed E-state index contributed by atoms with van der Waals surface area (Å²) in [7, 11) is 0. The third-order valence-corrected chi connectivity index (χ3v) is 4.00. The minimum atomic E-state index is -0.410. The van der Waals surface area contributed by atoms with Crippen LogP contribution < -0.4 is 4.74 Å². The SMILES string of the molecule is O=C(/C=C/c1ccsc1)OCc1cc(Cl)cc2c1OCOC2. The van der Waals surface area contributed by atoms with Gasteiger partial charge in [-0.3, -0.25) is 0 Å². The first-order valence-corrected chi connectivity index (χ1v) is 7.93. The summed E-state index contributed by atoms with van der Waals surface area (Å²) in [5.41, 5.74) is 2.57. The molecular formula is C16H13ClO4S. The zero-order chi connectivity index (χ0) is 15.4. The maximum atomic E-state index is 11.8. The Labute approximate surface area is 136 Å². The first kappa shape index (κ1) is 15.1. The van der Waals surface area contributed by atoms with Crippen LogP contribution in [0.2, 0.25) is 5.02 Å². The van der Waals surface area contributed by atoms with Crippen LogP contribution in [0.15, 0.2) is 35.0 Å². The number of hydrogen-bond donors (Lipinski definition) is 0. The van der Waals surface area contributed by atoms with Gasteiger partial charge in [0.2, 0.25) is 0 Å². The van der Waals surface area contributed by atoms with Gasteiger partial charge >= 0.3 is 5.97 Å². The predicted octanol–water partition coefficient (Wildman–Crippen LogP) is 4.02. The number of carbonyl (C=O) groups excluding carboxylic acids is 1. The highest BCUT2D eigenvalue weighted by Gasteiger charge is 2.17. The van der Waals surface area contributed by atoms with Crippen LogP contribution in [0.5, 0.6) is 5.75 Å². The Morgan fingerprint density at radius 3 is 3.18 bits per heavy atom. The van der Waals surface area contributed by atoms with E-state index < -0.39 is 5.97 Å². The number of rotatable bonds is 4. The number of carbonyl (C=O) groups is 1. The molecule has 0 saturated heterocycles. The lowest BCUT2D eigenvalue weighted by Gasteiger charge is -2.20. The molecule has 0 fully saturated rings. The summed E-state index contributed by atoms with van der Waals surface area (Å²) >= 11 is 7.63. The van der Waals surface area contributed by atoms with Gasteiger partial charge in [-0.2, -0.15) is 11.3 Å². The Bertz CT molecular complexity index is 694. The van der Waals surface area contributed by atoms with E-state index in [0.29, 0.717) is 17.4 Å². The Balaban J connectivity index is 1.66. The molecule has 1 aromatic carbocycles. The molecule has 4 nitrogen and oxygen atoms in total. The Morgan fingerprint density at radius 1 is 1.45 bits per heavy atom. The second-order valence-electron chi connectivity index (χ2n) is 4.66. The second kappa shape index (κ2) is 6.96. The molecule has 0 spiro atoms. The lowest BCUT2D eigenvalue weighted by Crippen LogP contribution is -2.14. The van der Waals surface area contributed by atoms with Gasteiger partial charge in [0, 0.05) is 22.2 Å². The van der Waals surface area contributed by atoms with Gasteiger partial charge in [-0.1, -0.05) is 11.6 Å². The fourth-order valence-electron chi connectivity index (χ4n) is 2.10. The van der Waals surface area contributed by atoms with Crippen molar-refractivity contribution in [3.05, 3.63) is 56.7 Å². The van der Waals surface area contributed by atoms with Gasteiger partial charge in [-0.15, -0.1) is 0 Å². The van der Waals surface area contributed by atoms with E-state index in [1.165, 1.54) is 6.08 Å². The van der Waals surface area contributed by atoms with E-state index in [9.17, 15) is 4.79 Å². The number of ether oxygens (including phenoxy) is 3. The summed E-state index contributed by atoms with van der Waals surface area (Å²) in [6, 6.07) is 5.45. The molecule has 1 aromatic heterocycles. The Kier molecular flexibility index (Phi) is 4.77. The Hall–Kier alpha value is -1.82. The fraction of sp³-hybridized carbons (Fsp3) is 0.188. The molecule has 0 bridgehead atoms. The minimum Gasteiger partial charge on any atom is -0.467 e. The first-order valence-electron chi connectivity index (χ1n) is 6.61. The number of benzene rings is 1. The molecule has 0 radical (unpaired) electrons. The molecule has 1 aliphatic heterocycles. The van der Waals surface area contributed by atoms with Crippen molar-refractivity contribution in [2.24, 2.45) is 0 Å². The van der Waals surface area contributed by atoms with Crippen LogP contribution in [-0.2, 0) is 27.5 Å². The number of esters is 1. The average Bonchev–Trinajstić information content (AvgIpc) is 3.04. The summed E-state index contributed by atoms with van der Waals surface area (Å²) in [6.45, 7) is 0.734. The van der Waals surface area contributed by atoms with Crippen molar-refractivity contribution >= 4 is 35.0 Å². The van der Waals surface area contributed by atoms with Crippen molar-refractivity contribution in [2.75, 3.05) is 6.79 Å². The van der Waals surface area contributed by atoms with Gasteiger partial charge in [0.1, 0.15) is 12.4 Å². The summed E-state index contributed by atoms with van der Waals surface area (Å²) in [5, 5.41) is 4.46. The quantitative estimate of drug-likeness (QED) is 0.624. The van der Waals surface area contributed by atoms with Gasteiger partial charge in [0.25, 0.3) is 0 Å². The van der Waals surface area contributed by atoms with Gasteiger partial charge in [0.15, 0.2) is 6.79 Å². The van der Waals surface area contributed by atoms with Gasteiger partial charge in [-0.25, -0.2) is 4.79 Å². The van der Waals surface area contributed by atoms with Crippen molar-refractivity contribution in [3.8, 4) is 5.75 Å². The zero-order valence-corrected chi connectivity index (χ0v) is 13.2. The van der Waals surface area contributed by atoms with Crippen molar-refractivity contribution in [3.63, 3.8) is 0 Å². The standard InChI is InChI=1S/C16H13ClO4S/c17-14-5-12-7-19-10-21-16(12)13(6-14)8-20-15(18)2-1-11-3-4-22-9-11/h1-6,9H,7-8,10H2/b2-1+. The highest BCUT2D eigenvalue weighted by atomic mass is 35.5. The summed E-state index contributed by atoms with van der Waals surface area (Å²) in [4.78, 5) is 11.8. The zero-order valence-electron chi connectivity index (χ0n) is 11.6. The molecule has 6 heteroatoms. The first-order chi connectivity index (χ1) is 10.7. The number of hydrogen-bond acceptors (Lipinski definition) is 5. The molecule has 114 valence electrons. The lowest BCUT2D eigenvalue weighted by molar-refractivity contribution is -0.139. The average molecular weight is 337 g/mol. The number of thiophene rings is 1. The van der Waals surface area contributed by atoms with Gasteiger partial charge in [-0.05, 0) is 40.6 Å². The van der Waals surface area contributed by atoms with Gasteiger partial charge in [0.05, 0.1) is 6.61 Å². The molecule has 0 amide bonds. The number of halogens is 1. The minimum absolute atomic E-state index is 0.107.